The monoisotopic (exact) mass is 276 g/mol. The van der Waals surface area contributed by atoms with Gasteiger partial charge in [0.05, 0.1) is 0 Å². The molecule has 0 bridgehead atoms. The lowest BCUT2D eigenvalue weighted by atomic mass is 9.99. The van der Waals surface area contributed by atoms with E-state index in [0.29, 0.717) is 6.54 Å². The minimum absolute atomic E-state index is 0.0820. The molecular formula is C16H24N2O2. The van der Waals surface area contributed by atoms with E-state index in [2.05, 4.69) is 41.4 Å². The molecule has 0 spiro atoms. The van der Waals surface area contributed by atoms with E-state index in [1.54, 1.807) is 0 Å². The van der Waals surface area contributed by atoms with Crippen LogP contribution >= 0.6 is 0 Å². The van der Waals surface area contributed by atoms with Gasteiger partial charge in [-0.25, -0.2) is 0 Å². The van der Waals surface area contributed by atoms with Gasteiger partial charge in [0.1, 0.15) is 6.61 Å². The Labute approximate surface area is 121 Å². The first-order valence-electron chi connectivity index (χ1n) is 7.28. The van der Waals surface area contributed by atoms with E-state index in [1.807, 2.05) is 0 Å². The number of nitrogens with zero attached hydrogens (tertiary/aromatic N) is 1. The van der Waals surface area contributed by atoms with Crippen LogP contribution in [0.25, 0.3) is 0 Å². The molecule has 1 saturated heterocycles. The van der Waals surface area contributed by atoms with Crippen molar-refractivity contribution >= 4 is 11.6 Å². The van der Waals surface area contributed by atoms with Crippen LogP contribution in [0, 0.1) is 5.92 Å². The highest BCUT2D eigenvalue weighted by atomic mass is 16.5. The number of benzene rings is 1. The van der Waals surface area contributed by atoms with Crippen LogP contribution < -0.4 is 10.2 Å². The maximum absolute atomic E-state index is 11.3. The standard InChI is InChI=1S/C16H24N2O2/c1-13-4-3-9-18(11-13)15-7-5-14(6-8-15)10-17-16(19)12-20-2/h5-8,13H,3-4,9-12H2,1-2H3,(H,17,19). The topological polar surface area (TPSA) is 41.6 Å². The quantitative estimate of drug-likeness (QED) is 0.896. The predicted molar refractivity (Wildman–Crippen MR) is 80.8 cm³/mol. The first-order chi connectivity index (χ1) is 9.69. The summed E-state index contributed by atoms with van der Waals surface area (Å²) in [5.41, 5.74) is 2.40. The molecule has 1 amide bonds. The fourth-order valence-electron chi connectivity index (χ4n) is 2.63. The number of piperidine rings is 1. The van der Waals surface area contributed by atoms with Crippen molar-refractivity contribution in [3.8, 4) is 0 Å². The highest BCUT2D eigenvalue weighted by molar-refractivity contribution is 5.77. The smallest absolute Gasteiger partial charge is 0.246 e. The van der Waals surface area contributed by atoms with Gasteiger partial charge in [0.15, 0.2) is 0 Å². The van der Waals surface area contributed by atoms with Gasteiger partial charge in [0, 0.05) is 32.4 Å². The number of methoxy groups -OCH3 is 1. The van der Waals surface area contributed by atoms with Crippen LogP contribution in [-0.4, -0.2) is 32.7 Å². The SMILES string of the molecule is COCC(=O)NCc1ccc(N2CCCC(C)C2)cc1. The average molecular weight is 276 g/mol. The number of anilines is 1. The molecule has 0 aromatic heterocycles. The van der Waals surface area contributed by atoms with Crippen LogP contribution in [0.2, 0.25) is 0 Å². The predicted octanol–water partition coefficient (Wildman–Crippen LogP) is 2.19. The second kappa shape index (κ2) is 7.29. The van der Waals surface area contributed by atoms with Crippen molar-refractivity contribution in [1.29, 1.82) is 0 Å². The minimum Gasteiger partial charge on any atom is -0.375 e. The van der Waals surface area contributed by atoms with Crippen molar-refractivity contribution in [2.24, 2.45) is 5.92 Å². The summed E-state index contributed by atoms with van der Waals surface area (Å²) in [6.07, 6.45) is 2.61. The summed E-state index contributed by atoms with van der Waals surface area (Å²) in [4.78, 5) is 13.8. The third-order valence-corrected chi connectivity index (χ3v) is 3.72. The third-order valence-electron chi connectivity index (χ3n) is 3.72. The number of rotatable bonds is 5. The molecule has 0 aliphatic carbocycles. The van der Waals surface area contributed by atoms with Gasteiger partial charge in [-0.3, -0.25) is 4.79 Å². The van der Waals surface area contributed by atoms with Crippen LogP contribution in [-0.2, 0) is 16.1 Å². The molecule has 1 aromatic rings. The molecule has 2 rings (SSSR count). The Bertz CT molecular complexity index is 431. The lowest BCUT2D eigenvalue weighted by Gasteiger charge is -2.32. The zero-order valence-corrected chi connectivity index (χ0v) is 12.4. The zero-order valence-electron chi connectivity index (χ0n) is 12.4. The van der Waals surface area contributed by atoms with Gasteiger partial charge in [-0.15, -0.1) is 0 Å². The average Bonchev–Trinajstić information content (AvgIpc) is 2.46. The molecule has 1 heterocycles. The second-order valence-electron chi connectivity index (χ2n) is 5.57. The highest BCUT2D eigenvalue weighted by Crippen LogP contribution is 2.23. The van der Waals surface area contributed by atoms with Gasteiger partial charge in [0.25, 0.3) is 0 Å². The highest BCUT2D eigenvalue weighted by Gasteiger charge is 2.16. The van der Waals surface area contributed by atoms with E-state index in [-0.39, 0.29) is 12.5 Å². The number of hydrogen-bond acceptors (Lipinski definition) is 3. The number of nitrogens with one attached hydrogen (secondary N) is 1. The van der Waals surface area contributed by atoms with Crippen LogP contribution in [0.3, 0.4) is 0 Å². The van der Waals surface area contributed by atoms with Crippen molar-refractivity contribution in [2.45, 2.75) is 26.3 Å². The van der Waals surface area contributed by atoms with E-state index in [0.717, 1.165) is 24.6 Å². The molecule has 1 aromatic carbocycles. The Hall–Kier alpha value is -1.55. The summed E-state index contributed by atoms with van der Waals surface area (Å²) < 4.78 is 4.78. The van der Waals surface area contributed by atoms with Gasteiger partial charge in [-0.05, 0) is 36.5 Å². The van der Waals surface area contributed by atoms with Gasteiger partial charge in [0.2, 0.25) is 5.91 Å². The Morgan fingerprint density at radius 1 is 1.40 bits per heavy atom. The summed E-state index contributed by atoms with van der Waals surface area (Å²) in [6, 6.07) is 8.47. The lowest BCUT2D eigenvalue weighted by Crippen LogP contribution is -2.34. The van der Waals surface area contributed by atoms with E-state index in [4.69, 9.17) is 4.74 Å². The Morgan fingerprint density at radius 2 is 2.15 bits per heavy atom. The molecule has 0 radical (unpaired) electrons. The molecule has 1 fully saturated rings. The minimum atomic E-state index is -0.0820. The molecule has 4 heteroatoms. The first-order valence-corrected chi connectivity index (χ1v) is 7.28. The molecule has 20 heavy (non-hydrogen) atoms. The van der Waals surface area contributed by atoms with Crippen molar-refractivity contribution in [3.05, 3.63) is 29.8 Å². The number of ether oxygens (including phenoxy) is 1. The summed E-state index contributed by atoms with van der Waals surface area (Å²) >= 11 is 0. The molecule has 1 atom stereocenters. The van der Waals surface area contributed by atoms with Gasteiger partial charge >= 0.3 is 0 Å². The lowest BCUT2D eigenvalue weighted by molar-refractivity contribution is -0.124. The van der Waals surface area contributed by atoms with E-state index < -0.39 is 0 Å². The maximum Gasteiger partial charge on any atom is 0.246 e. The van der Waals surface area contributed by atoms with Crippen molar-refractivity contribution in [2.75, 3.05) is 31.7 Å². The summed E-state index contributed by atoms with van der Waals surface area (Å²) in [5, 5.41) is 2.83. The Morgan fingerprint density at radius 3 is 2.80 bits per heavy atom. The Balaban J connectivity index is 1.87. The van der Waals surface area contributed by atoms with E-state index in [1.165, 1.54) is 25.6 Å². The molecule has 1 N–H and O–H groups in total. The van der Waals surface area contributed by atoms with Crippen molar-refractivity contribution < 1.29 is 9.53 Å². The molecule has 1 aliphatic rings. The normalized spacial score (nSPS) is 18.9. The van der Waals surface area contributed by atoms with Crippen LogP contribution in [0.5, 0.6) is 0 Å². The molecule has 1 aliphatic heterocycles. The number of carbonyl (C=O) groups is 1. The van der Waals surface area contributed by atoms with Crippen LogP contribution in [0.4, 0.5) is 5.69 Å². The molecule has 4 nitrogen and oxygen atoms in total. The maximum atomic E-state index is 11.3. The summed E-state index contributed by atoms with van der Waals surface area (Å²) in [6.45, 7) is 5.27. The van der Waals surface area contributed by atoms with Crippen LogP contribution in [0.1, 0.15) is 25.3 Å². The van der Waals surface area contributed by atoms with E-state index in [9.17, 15) is 4.79 Å². The second-order valence-corrected chi connectivity index (χ2v) is 5.57. The Kier molecular flexibility index (Phi) is 5.41. The van der Waals surface area contributed by atoms with Gasteiger partial charge in [-0.1, -0.05) is 19.1 Å². The zero-order chi connectivity index (χ0) is 14.4. The number of hydrogen-bond donors (Lipinski definition) is 1. The summed E-state index contributed by atoms with van der Waals surface area (Å²) in [5.74, 6) is 0.693. The van der Waals surface area contributed by atoms with Crippen LogP contribution in [0.15, 0.2) is 24.3 Å². The molecule has 1 unspecified atom stereocenters. The fourth-order valence-corrected chi connectivity index (χ4v) is 2.63. The number of carbonyl (C=O) groups excluding carboxylic acids is 1. The van der Waals surface area contributed by atoms with Crippen molar-refractivity contribution in [3.63, 3.8) is 0 Å². The van der Waals surface area contributed by atoms with Gasteiger partial charge < -0.3 is 15.0 Å². The van der Waals surface area contributed by atoms with E-state index >= 15 is 0 Å². The molecule has 0 saturated carbocycles. The number of amides is 1. The van der Waals surface area contributed by atoms with Crippen molar-refractivity contribution in [1.82, 2.24) is 5.32 Å². The fraction of sp³-hybridized carbons (Fsp3) is 0.562. The van der Waals surface area contributed by atoms with Gasteiger partial charge in [-0.2, -0.15) is 0 Å². The largest absolute Gasteiger partial charge is 0.375 e. The third kappa shape index (κ3) is 4.23. The first kappa shape index (κ1) is 14.9. The molecular weight excluding hydrogens is 252 g/mol. The molecule has 110 valence electrons. The summed E-state index contributed by atoms with van der Waals surface area (Å²) in [7, 11) is 1.52.